The van der Waals surface area contributed by atoms with E-state index in [4.69, 9.17) is 28.4 Å². The van der Waals surface area contributed by atoms with Crippen LogP contribution in [0.15, 0.2) is 0 Å². The molecular formula is C23H38O7. The van der Waals surface area contributed by atoms with E-state index in [9.17, 15) is 4.79 Å². The van der Waals surface area contributed by atoms with E-state index < -0.39 is 11.8 Å². The summed E-state index contributed by atoms with van der Waals surface area (Å²) in [5.74, 6) is 0. The molecule has 0 aromatic heterocycles. The lowest BCUT2D eigenvalue weighted by atomic mass is 9.98. The van der Waals surface area contributed by atoms with Crippen molar-refractivity contribution < 1.29 is 33.2 Å². The highest BCUT2D eigenvalue weighted by atomic mass is 16.7. The van der Waals surface area contributed by atoms with Crippen LogP contribution in [0.3, 0.4) is 0 Å². The lowest BCUT2D eigenvalue weighted by Crippen LogP contribution is -2.26. The summed E-state index contributed by atoms with van der Waals surface area (Å²) in [6, 6.07) is 0. The molecule has 0 saturated carbocycles. The second-order valence-corrected chi connectivity index (χ2v) is 11.0. The molecule has 0 bridgehead atoms. The first-order valence-corrected chi connectivity index (χ1v) is 11.5. The summed E-state index contributed by atoms with van der Waals surface area (Å²) in [6.07, 6.45) is 7.51. The molecule has 4 heterocycles. The van der Waals surface area contributed by atoms with Gasteiger partial charge in [-0.05, 0) is 80.1 Å². The van der Waals surface area contributed by atoms with E-state index in [0.29, 0.717) is 30.5 Å². The van der Waals surface area contributed by atoms with Gasteiger partial charge in [-0.1, -0.05) is 0 Å². The van der Waals surface area contributed by atoms with E-state index in [1.165, 1.54) is 0 Å². The molecule has 0 unspecified atom stereocenters. The molecule has 30 heavy (non-hydrogen) atoms. The smallest absolute Gasteiger partial charge is 0.431 e. The van der Waals surface area contributed by atoms with Gasteiger partial charge in [-0.2, -0.15) is 0 Å². The summed E-state index contributed by atoms with van der Waals surface area (Å²) in [6.45, 7) is 12.1. The normalized spacial score (nSPS) is 40.6. The Morgan fingerprint density at radius 2 is 1.37 bits per heavy atom. The Morgan fingerprint density at radius 1 is 0.833 bits per heavy atom. The quantitative estimate of drug-likeness (QED) is 0.362. The minimum absolute atomic E-state index is 0.0525. The maximum atomic E-state index is 11.6. The summed E-state index contributed by atoms with van der Waals surface area (Å²) in [5.41, 5.74) is -0.679. The fourth-order valence-electron chi connectivity index (χ4n) is 4.33. The summed E-state index contributed by atoms with van der Waals surface area (Å²) < 4.78 is 33.4. The van der Waals surface area contributed by atoms with Crippen molar-refractivity contribution in [2.45, 2.75) is 133 Å². The molecule has 0 aromatic rings. The lowest BCUT2D eigenvalue weighted by molar-refractivity contribution is -0.00949. The van der Waals surface area contributed by atoms with E-state index in [1.54, 1.807) is 0 Å². The molecule has 4 fully saturated rings. The second kappa shape index (κ2) is 7.91. The van der Waals surface area contributed by atoms with Gasteiger partial charge in [-0.15, -0.1) is 0 Å². The van der Waals surface area contributed by atoms with E-state index in [0.717, 1.165) is 38.5 Å². The molecule has 4 saturated heterocycles. The molecule has 7 atom stereocenters. The van der Waals surface area contributed by atoms with Crippen LogP contribution in [0.4, 0.5) is 4.79 Å². The van der Waals surface area contributed by atoms with E-state index >= 15 is 0 Å². The first-order valence-electron chi connectivity index (χ1n) is 11.5. The van der Waals surface area contributed by atoms with E-state index in [1.807, 2.05) is 20.8 Å². The zero-order valence-corrected chi connectivity index (χ0v) is 19.3. The molecule has 7 nitrogen and oxygen atoms in total. The molecule has 0 N–H and O–H groups in total. The van der Waals surface area contributed by atoms with E-state index in [2.05, 4.69) is 20.8 Å². The number of hydrogen-bond donors (Lipinski definition) is 0. The van der Waals surface area contributed by atoms with Gasteiger partial charge in [0.1, 0.15) is 18.3 Å². The molecule has 0 aromatic carbocycles. The lowest BCUT2D eigenvalue weighted by Gasteiger charge is -2.18. The maximum Gasteiger partial charge on any atom is 0.508 e. The highest BCUT2D eigenvalue weighted by molar-refractivity contribution is 5.60. The maximum absolute atomic E-state index is 11.6. The van der Waals surface area contributed by atoms with Crippen LogP contribution >= 0.6 is 0 Å². The molecule has 172 valence electrons. The minimum Gasteiger partial charge on any atom is -0.431 e. The topological polar surface area (TPSA) is 85.7 Å². The average Bonchev–Trinajstić information content (AvgIpc) is 3.45. The number of carbonyl (C=O) groups excluding carboxylic acids is 1. The fourth-order valence-corrected chi connectivity index (χ4v) is 4.33. The Bertz CT molecular complexity index is 642. The fraction of sp³-hybridized carbons (Fsp3) is 0.957. The van der Waals surface area contributed by atoms with Crippen molar-refractivity contribution in [2.24, 2.45) is 0 Å². The first-order chi connectivity index (χ1) is 14.0. The van der Waals surface area contributed by atoms with Crippen molar-refractivity contribution in [3.63, 3.8) is 0 Å². The van der Waals surface area contributed by atoms with Gasteiger partial charge in [-0.3, -0.25) is 0 Å². The number of ether oxygens (including phenoxy) is 6. The van der Waals surface area contributed by atoms with Gasteiger partial charge in [-0.25, -0.2) is 4.79 Å². The summed E-state index contributed by atoms with van der Waals surface area (Å²) in [5, 5.41) is 0. The monoisotopic (exact) mass is 426 g/mol. The number of hydrogen-bond acceptors (Lipinski definition) is 7. The van der Waals surface area contributed by atoms with Gasteiger partial charge in [0.05, 0.1) is 41.7 Å². The summed E-state index contributed by atoms with van der Waals surface area (Å²) in [7, 11) is 0. The van der Waals surface area contributed by atoms with Crippen LogP contribution < -0.4 is 0 Å². The van der Waals surface area contributed by atoms with Crippen LogP contribution in [-0.2, 0) is 28.4 Å². The van der Waals surface area contributed by atoms with Crippen LogP contribution in [0.1, 0.15) is 80.1 Å². The predicted molar refractivity (Wildman–Crippen MR) is 109 cm³/mol. The summed E-state index contributed by atoms with van der Waals surface area (Å²) >= 11 is 0. The van der Waals surface area contributed by atoms with Gasteiger partial charge < -0.3 is 28.4 Å². The van der Waals surface area contributed by atoms with Gasteiger partial charge >= 0.3 is 6.16 Å². The van der Waals surface area contributed by atoms with Crippen LogP contribution in [-0.4, -0.2) is 66.2 Å². The number of rotatable bonds is 11. The van der Waals surface area contributed by atoms with Gasteiger partial charge in [0.15, 0.2) is 0 Å². The first kappa shape index (κ1) is 22.3. The molecule has 0 aliphatic carbocycles. The third-order valence-corrected chi connectivity index (χ3v) is 6.69. The average molecular weight is 427 g/mol. The third-order valence-electron chi connectivity index (χ3n) is 6.69. The van der Waals surface area contributed by atoms with Crippen LogP contribution in [0.2, 0.25) is 0 Å². The minimum atomic E-state index is -0.639. The SMILES string of the molecule is CC(C)(C)OC(=O)OC[C@@H]1O[C@@]1(C)CC[C@H]1O[C@@H]1CC[C@@H]1O[C@H]1CC[C@H]1OC1(C)C. The molecule has 4 rings (SSSR count). The van der Waals surface area contributed by atoms with Crippen molar-refractivity contribution in [1.29, 1.82) is 0 Å². The van der Waals surface area contributed by atoms with Crippen LogP contribution in [0.25, 0.3) is 0 Å². The molecule has 4 aliphatic heterocycles. The van der Waals surface area contributed by atoms with Crippen molar-refractivity contribution in [1.82, 2.24) is 0 Å². The van der Waals surface area contributed by atoms with Gasteiger partial charge in [0, 0.05) is 0 Å². The highest BCUT2D eigenvalue weighted by Gasteiger charge is 2.54. The molecule has 4 aliphatic rings. The predicted octanol–water partition coefficient (Wildman–Crippen LogP) is 4.15. The summed E-state index contributed by atoms with van der Waals surface area (Å²) in [4.78, 5) is 11.6. The van der Waals surface area contributed by atoms with Crippen LogP contribution in [0.5, 0.6) is 0 Å². The number of epoxide rings is 4. The standard InChI is InChI=1S/C23H38O7/c1-21(2,3)30-20(24)25-13-19-23(6,29-19)12-11-17-15(27-17)8-7-14-16(26-14)9-10-18-22(4,5)28-18/h14-19H,7-13H2,1-6H3/t14-,15+,16-,17+,18+,19-,23-/m0/s1. The van der Waals surface area contributed by atoms with Crippen molar-refractivity contribution in [2.75, 3.05) is 6.61 Å². The van der Waals surface area contributed by atoms with Crippen molar-refractivity contribution in [3.8, 4) is 0 Å². The number of carbonyl (C=O) groups is 1. The third kappa shape index (κ3) is 6.09. The molecule has 0 radical (unpaired) electrons. The Morgan fingerprint density at radius 3 is 1.90 bits per heavy atom. The Kier molecular flexibility index (Phi) is 5.88. The van der Waals surface area contributed by atoms with Gasteiger partial charge in [0.25, 0.3) is 0 Å². The molecule has 0 amide bonds. The van der Waals surface area contributed by atoms with Crippen LogP contribution in [0, 0.1) is 0 Å². The van der Waals surface area contributed by atoms with Crippen molar-refractivity contribution >= 4 is 6.16 Å². The Balaban J connectivity index is 1.02. The van der Waals surface area contributed by atoms with Crippen molar-refractivity contribution in [3.05, 3.63) is 0 Å². The molecule has 0 spiro atoms. The zero-order valence-electron chi connectivity index (χ0n) is 19.3. The highest BCUT2D eigenvalue weighted by Crippen LogP contribution is 2.45. The molecular weight excluding hydrogens is 388 g/mol. The van der Waals surface area contributed by atoms with E-state index in [-0.39, 0.29) is 23.9 Å². The van der Waals surface area contributed by atoms with Gasteiger partial charge in [0.2, 0.25) is 0 Å². The Labute approximate surface area is 180 Å². The second-order valence-electron chi connectivity index (χ2n) is 11.0. The zero-order chi connectivity index (χ0) is 21.7. The Hall–Kier alpha value is -0.890. The molecule has 7 heteroatoms. The largest absolute Gasteiger partial charge is 0.508 e.